The second kappa shape index (κ2) is 9.37. The van der Waals surface area contributed by atoms with Crippen LogP contribution in [0.15, 0.2) is 54.6 Å². The Balaban J connectivity index is 1.77. The molecule has 2 aromatic rings. The van der Waals surface area contributed by atoms with Crippen LogP contribution in [0.4, 0.5) is 0 Å². The van der Waals surface area contributed by atoms with E-state index in [2.05, 4.69) is 5.32 Å². The predicted octanol–water partition coefficient (Wildman–Crippen LogP) is 2.54. The molecule has 0 aromatic heterocycles. The minimum atomic E-state index is -0.768. The van der Waals surface area contributed by atoms with Gasteiger partial charge in [-0.15, -0.1) is 0 Å². The number of hydrogen-bond donors (Lipinski definition) is 2. The Morgan fingerprint density at radius 2 is 1.75 bits per heavy atom. The molecule has 2 N–H and O–H groups in total. The van der Waals surface area contributed by atoms with E-state index in [-0.39, 0.29) is 17.9 Å². The summed E-state index contributed by atoms with van der Waals surface area (Å²) in [6.45, 7) is 3.43. The molecule has 0 saturated carbocycles. The van der Waals surface area contributed by atoms with E-state index in [1.165, 1.54) is 0 Å². The Labute approximate surface area is 165 Å². The van der Waals surface area contributed by atoms with Gasteiger partial charge in [0.1, 0.15) is 11.8 Å². The van der Waals surface area contributed by atoms with Crippen LogP contribution in [-0.2, 0) is 4.79 Å². The van der Waals surface area contributed by atoms with Gasteiger partial charge >= 0.3 is 0 Å². The maximum atomic E-state index is 13.1. The van der Waals surface area contributed by atoms with Gasteiger partial charge in [0.05, 0.1) is 12.7 Å². The van der Waals surface area contributed by atoms with Crippen molar-refractivity contribution in [3.63, 3.8) is 0 Å². The van der Waals surface area contributed by atoms with Gasteiger partial charge in [-0.3, -0.25) is 9.59 Å². The van der Waals surface area contributed by atoms with Gasteiger partial charge in [-0.2, -0.15) is 0 Å². The molecule has 2 amide bonds. The van der Waals surface area contributed by atoms with E-state index in [4.69, 9.17) is 4.74 Å². The van der Waals surface area contributed by atoms with Gasteiger partial charge < -0.3 is 20.1 Å². The number of nitrogens with zero attached hydrogens (tertiary/aromatic N) is 1. The van der Waals surface area contributed by atoms with Crippen molar-refractivity contribution in [1.29, 1.82) is 0 Å². The van der Waals surface area contributed by atoms with Crippen LogP contribution >= 0.6 is 0 Å². The number of carbonyl (C=O) groups excluding carboxylic acids is 2. The van der Waals surface area contributed by atoms with Crippen LogP contribution in [0.25, 0.3) is 0 Å². The fraction of sp³-hybridized carbons (Fsp3) is 0.364. The summed E-state index contributed by atoms with van der Waals surface area (Å²) < 4.78 is 5.40. The Bertz CT molecular complexity index is 784. The molecule has 0 radical (unpaired) electrons. The summed E-state index contributed by atoms with van der Waals surface area (Å²) in [6.07, 6.45) is 0.748. The first-order valence-corrected chi connectivity index (χ1v) is 9.64. The number of aliphatic hydroxyl groups is 1. The summed E-state index contributed by atoms with van der Waals surface area (Å²) in [7, 11) is 0. The summed E-state index contributed by atoms with van der Waals surface area (Å²) in [6, 6.07) is 15.3. The maximum Gasteiger partial charge on any atom is 0.252 e. The number of aliphatic hydroxyl groups excluding tert-OH is 1. The molecule has 2 aromatic carbocycles. The number of carbonyl (C=O) groups is 2. The number of amides is 2. The van der Waals surface area contributed by atoms with E-state index >= 15 is 0 Å². The van der Waals surface area contributed by atoms with Gasteiger partial charge in [-0.1, -0.05) is 30.3 Å². The first kappa shape index (κ1) is 19.9. The molecule has 3 rings (SSSR count). The van der Waals surface area contributed by atoms with Crippen molar-refractivity contribution in [2.24, 2.45) is 0 Å². The predicted molar refractivity (Wildman–Crippen MR) is 106 cm³/mol. The normalized spacial score (nSPS) is 15.7. The van der Waals surface area contributed by atoms with E-state index in [0.29, 0.717) is 43.9 Å². The minimum absolute atomic E-state index is 0.155. The number of likely N-dealkylation sites (tertiary alicyclic amines) is 1. The number of rotatable bonds is 6. The molecule has 1 heterocycles. The van der Waals surface area contributed by atoms with E-state index < -0.39 is 6.04 Å². The minimum Gasteiger partial charge on any atom is -0.494 e. The van der Waals surface area contributed by atoms with Gasteiger partial charge in [-0.05, 0) is 49.6 Å². The lowest BCUT2D eigenvalue weighted by atomic mass is 10.0. The maximum absolute atomic E-state index is 13.1. The topological polar surface area (TPSA) is 78.9 Å². The summed E-state index contributed by atoms with van der Waals surface area (Å²) in [5.41, 5.74) is 1.20. The van der Waals surface area contributed by atoms with Crippen molar-refractivity contribution in [3.05, 3.63) is 65.7 Å². The van der Waals surface area contributed by atoms with Gasteiger partial charge in [0.15, 0.2) is 0 Å². The molecule has 1 fully saturated rings. The van der Waals surface area contributed by atoms with Crippen LogP contribution in [-0.4, -0.2) is 47.6 Å². The summed E-state index contributed by atoms with van der Waals surface area (Å²) in [5, 5.41) is 12.6. The molecule has 0 unspecified atom stereocenters. The lowest BCUT2D eigenvalue weighted by Crippen LogP contribution is -2.46. The second-order valence-corrected chi connectivity index (χ2v) is 6.83. The lowest BCUT2D eigenvalue weighted by molar-refractivity contribution is -0.135. The van der Waals surface area contributed by atoms with Crippen molar-refractivity contribution >= 4 is 11.8 Å². The fourth-order valence-corrected chi connectivity index (χ4v) is 3.29. The average molecular weight is 382 g/mol. The average Bonchev–Trinajstić information content (AvgIpc) is 2.73. The SMILES string of the molecule is CCOc1ccc(C(=O)N[C@@H](C(=O)N2CCC(O)CC2)c2ccccc2)cc1. The van der Waals surface area contributed by atoms with Gasteiger partial charge in [0.2, 0.25) is 5.91 Å². The molecule has 1 atom stereocenters. The van der Waals surface area contributed by atoms with Crippen molar-refractivity contribution < 1.29 is 19.4 Å². The van der Waals surface area contributed by atoms with E-state index in [9.17, 15) is 14.7 Å². The molecule has 0 aliphatic carbocycles. The van der Waals surface area contributed by atoms with E-state index in [1.54, 1.807) is 29.2 Å². The third-order valence-electron chi connectivity index (χ3n) is 4.86. The van der Waals surface area contributed by atoms with Gasteiger partial charge in [0.25, 0.3) is 5.91 Å². The highest BCUT2D eigenvalue weighted by atomic mass is 16.5. The highest BCUT2D eigenvalue weighted by Crippen LogP contribution is 2.20. The lowest BCUT2D eigenvalue weighted by Gasteiger charge is -2.33. The van der Waals surface area contributed by atoms with Crippen LogP contribution in [0.5, 0.6) is 5.75 Å². The van der Waals surface area contributed by atoms with Gasteiger partial charge in [-0.25, -0.2) is 0 Å². The zero-order valence-corrected chi connectivity index (χ0v) is 16.0. The molecule has 1 aliphatic heterocycles. The quantitative estimate of drug-likeness (QED) is 0.805. The van der Waals surface area contributed by atoms with Crippen LogP contribution in [0.2, 0.25) is 0 Å². The molecular weight excluding hydrogens is 356 g/mol. The molecule has 1 aliphatic rings. The smallest absolute Gasteiger partial charge is 0.252 e. The molecule has 6 nitrogen and oxygen atoms in total. The number of ether oxygens (including phenoxy) is 1. The Morgan fingerprint density at radius 3 is 2.36 bits per heavy atom. The van der Waals surface area contributed by atoms with E-state index in [0.717, 1.165) is 5.56 Å². The molecular formula is C22H26N2O4. The van der Waals surface area contributed by atoms with Crippen LogP contribution in [0.1, 0.15) is 41.7 Å². The third kappa shape index (κ3) is 4.89. The largest absolute Gasteiger partial charge is 0.494 e. The zero-order chi connectivity index (χ0) is 19.9. The van der Waals surface area contributed by atoms with Crippen molar-refractivity contribution in [2.75, 3.05) is 19.7 Å². The summed E-state index contributed by atoms with van der Waals surface area (Å²) >= 11 is 0. The van der Waals surface area contributed by atoms with Crippen LogP contribution in [0, 0.1) is 0 Å². The molecule has 6 heteroatoms. The number of hydrogen-bond acceptors (Lipinski definition) is 4. The molecule has 148 valence electrons. The summed E-state index contributed by atoms with van der Waals surface area (Å²) in [4.78, 5) is 27.6. The number of benzene rings is 2. The monoisotopic (exact) mass is 382 g/mol. The Morgan fingerprint density at radius 1 is 1.11 bits per heavy atom. The summed E-state index contributed by atoms with van der Waals surface area (Å²) in [5.74, 6) is 0.223. The molecule has 0 spiro atoms. The first-order valence-electron chi connectivity index (χ1n) is 9.64. The van der Waals surface area contributed by atoms with Crippen LogP contribution in [0.3, 0.4) is 0 Å². The molecule has 0 bridgehead atoms. The molecule has 1 saturated heterocycles. The number of piperidine rings is 1. The van der Waals surface area contributed by atoms with Gasteiger partial charge in [0, 0.05) is 18.7 Å². The van der Waals surface area contributed by atoms with Crippen molar-refractivity contribution in [3.8, 4) is 5.75 Å². The van der Waals surface area contributed by atoms with Crippen molar-refractivity contribution in [2.45, 2.75) is 31.9 Å². The zero-order valence-electron chi connectivity index (χ0n) is 16.0. The highest BCUT2D eigenvalue weighted by molar-refractivity contribution is 5.98. The molecule has 28 heavy (non-hydrogen) atoms. The fourth-order valence-electron chi connectivity index (χ4n) is 3.29. The van der Waals surface area contributed by atoms with Crippen LogP contribution < -0.4 is 10.1 Å². The first-order chi connectivity index (χ1) is 13.6. The highest BCUT2D eigenvalue weighted by Gasteiger charge is 2.30. The Hall–Kier alpha value is -2.86. The Kier molecular flexibility index (Phi) is 6.66. The standard InChI is InChI=1S/C22H26N2O4/c1-2-28-19-10-8-17(9-11-19)21(26)23-20(16-6-4-3-5-7-16)22(27)24-14-12-18(25)13-15-24/h3-11,18,20,25H,2,12-15H2,1H3,(H,23,26)/t20-/m1/s1. The van der Waals surface area contributed by atoms with Crippen molar-refractivity contribution in [1.82, 2.24) is 10.2 Å². The third-order valence-corrected chi connectivity index (χ3v) is 4.86. The second-order valence-electron chi connectivity index (χ2n) is 6.83. The number of nitrogens with one attached hydrogen (secondary N) is 1. The van der Waals surface area contributed by atoms with E-state index in [1.807, 2.05) is 37.3 Å².